The SMILES string of the molecule is COc1cccc([C@H]2CCCN2CC(=O)Nc2ccccc2NC(C)=O)c1. The second-order valence-electron chi connectivity index (χ2n) is 6.68. The number of hydrogen-bond donors (Lipinski definition) is 2. The monoisotopic (exact) mass is 367 g/mol. The molecule has 2 aromatic rings. The summed E-state index contributed by atoms with van der Waals surface area (Å²) in [6, 6.07) is 15.4. The van der Waals surface area contributed by atoms with Crippen molar-refractivity contribution >= 4 is 23.2 Å². The van der Waals surface area contributed by atoms with Gasteiger partial charge in [0.15, 0.2) is 0 Å². The molecule has 2 N–H and O–H groups in total. The van der Waals surface area contributed by atoms with Gasteiger partial charge in [-0.25, -0.2) is 0 Å². The van der Waals surface area contributed by atoms with Crippen molar-refractivity contribution in [2.45, 2.75) is 25.8 Å². The predicted octanol–water partition coefficient (Wildman–Crippen LogP) is 3.43. The number of methoxy groups -OCH3 is 1. The zero-order valence-electron chi connectivity index (χ0n) is 15.7. The van der Waals surface area contributed by atoms with E-state index < -0.39 is 0 Å². The second kappa shape index (κ2) is 8.68. The largest absolute Gasteiger partial charge is 0.497 e. The standard InChI is InChI=1S/C21H25N3O3/c1-15(25)22-18-9-3-4-10-19(18)23-21(26)14-24-12-6-11-20(24)16-7-5-8-17(13-16)27-2/h3-5,7-10,13,20H,6,11-12,14H2,1-2H3,(H,22,25)(H,23,26)/t20-/m1/s1. The molecule has 6 heteroatoms. The Morgan fingerprint density at radius 3 is 2.56 bits per heavy atom. The van der Waals surface area contributed by atoms with E-state index in [1.54, 1.807) is 19.2 Å². The lowest BCUT2D eigenvalue weighted by Gasteiger charge is -2.24. The van der Waals surface area contributed by atoms with Crippen LogP contribution < -0.4 is 15.4 Å². The van der Waals surface area contributed by atoms with E-state index in [1.807, 2.05) is 30.3 Å². The lowest BCUT2D eigenvalue weighted by atomic mass is 10.0. The Kier molecular flexibility index (Phi) is 6.08. The molecule has 3 rings (SSSR count). The number of para-hydroxylation sites is 2. The topological polar surface area (TPSA) is 70.7 Å². The van der Waals surface area contributed by atoms with Gasteiger partial charge in [-0.05, 0) is 49.2 Å². The van der Waals surface area contributed by atoms with Crippen molar-refractivity contribution in [1.82, 2.24) is 4.90 Å². The van der Waals surface area contributed by atoms with Gasteiger partial charge in [-0.2, -0.15) is 0 Å². The Bertz CT molecular complexity index is 822. The summed E-state index contributed by atoms with van der Waals surface area (Å²) in [4.78, 5) is 26.1. The molecule has 27 heavy (non-hydrogen) atoms. The first-order valence-electron chi connectivity index (χ1n) is 9.11. The van der Waals surface area contributed by atoms with Gasteiger partial charge in [0, 0.05) is 13.0 Å². The molecular formula is C21H25N3O3. The van der Waals surface area contributed by atoms with Gasteiger partial charge in [0.05, 0.1) is 25.0 Å². The highest BCUT2D eigenvalue weighted by Gasteiger charge is 2.28. The molecule has 0 spiro atoms. The highest BCUT2D eigenvalue weighted by Crippen LogP contribution is 2.33. The van der Waals surface area contributed by atoms with Crippen LogP contribution in [0.15, 0.2) is 48.5 Å². The number of carbonyl (C=O) groups is 2. The first-order valence-corrected chi connectivity index (χ1v) is 9.11. The van der Waals surface area contributed by atoms with Crippen LogP contribution in [0.1, 0.15) is 31.4 Å². The summed E-state index contributed by atoms with van der Waals surface area (Å²) in [5, 5.41) is 5.66. The summed E-state index contributed by atoms with van der Waals surface area (Å²) in [6.07, 6.45) is 2.07. The molecule has 1 heterocycles. The maximum absolute atomic E-state index is 12.6. The van der Waals surface area contributed by atoms with Crippen LogP contribution in [0.25, 0.3) is 0 Å². The highest BCUT2D eigenvalue weighted by atomic mass is 16.5. The zero-order valence-corrected chi connectivity index (χ0v) is 15.7. The Morgan fingerprint density at radius 1 is 1.11 bits per heavy atom. The fourth-order valence-corrected chi connectivity index (χ4v) is 3.51. The van der Waals surface area contributed by atoms with Gasteiger partial charge < -0.3 is 15.4 Å². The van der Waals surface area contributed by atoms with Gasteiger partial charge >= 0.3 is 0 Å². The number of nitrogens with one attached hydrogen (secondary N) is 2. The van der Waals surface area contributed by atoms with Crippen LogP contribution in [0.4, 0.5) is 11.4 Å². The molecule has 0 unspecified atom stereocenters. The van der Waals surface area contributed by atoms with E-state index in [2.05, 4.69) is 21.6 Å². The minimum atomic E-state index is -0.172. The molecule has 6 nitrogen and oxygen atoms in total. The molecule has 0 bridgehead atoms. The average Bonchev–Trinajstić information content (AvgIpc) is 3.11. The fraction of sp³-hybridized carbons (Fsp3) is 0.333. The Morgan fingerprint density at radius 2 is 1.85 bits per heavy atom. The van der Waals surface area contributed by atoms with E-state index in [9.17, 15) is 9.59 Å². The number of amides is 2. The van der Waals surface area contributed by atoms with E-state index in [0.717, 1.165) is 25.1 Å². The van der Waals surface area contributed by atoms with Crippen molar-refractivity contribution in [1.29, 1.82) is 0 Å². The van der Waals surface area contributed by atoms with Crippen LogP contribution in [0.3, 0.4) is 0 Å². The lowest BCUT2D eigenvalue weighted by molar-refractivity contribution is -0.117. The van der Waals surface area contributed by atoms with E-state index in [1.165, 1.54) is 12.5 Å². The van der Waals surface area contributed by atoms with Crippen molar-refractivity contribution in [3.05, 3.63) is 54.1 Å². The molecule has 0 radical (unpaired) electrons. The minimum absolute atomic E-state index is 0.0948. The highest BCUT2D eigenvalue weighted by molar-refractivity contribution is 5.99. The van der Waals surface area contributed by atoms with Crippen molar-refractivity contribution in [3.63, 3.8) is 0 Å². The van der Waals surface area contributed by atoms with Crippen LogP contribution in [-0.4, -0.2) is 36.9 Å². The molecule has 1 atom stereocenters. The molecule has 1 aliphatic heterocycles. The number of hydrogen-bond acceptors (Lipinski definition) is 4. The van der Waals surface area contributed by atoms with Gasteiger partial charge in [0.1, 0.15) is 5.75 Å². The molecular weight excluding hydrogens is 342 g/mol. The molecule has 2 aromatic carbocycles. The summed E-state index contributed by atoms with van der Waals surface area (Å²) in [7, 11) is 1.66. The van der Waals surface area contributed by atoms with Crippen molar-refractivity contribution in [2.75, 3.05) is 30.8 Å². The van der Waals surface area contributed by atoms with Crippen molar-refractivity contribution in [2.24, 2.45) is 0 Å². The van der Waals surface area contributed by atoms with Gasteiger partial charge in [-0.15, -0.1) is 0 Å². The lowest BCUT2D eigenvalue weighted by Crippen LogP contribution is -2.33. The van der Waals surface area contributed by atoms with Gasteiger partial charge in [-0.1, -0.05) is 24.3 Å². The fourth-order valence-electron chi connectivity index (χ4n) is 3.51. The summed E-state index contributed by atoms with van der Waals surface area (Å²) >= 11 is 0. The quantitative estimate of drug-likeness (QED) is 0.821. The summed E-state index contributed by atoms with van der Waals surface area (Å²) in [6.45, 7) is 2.63. The first-order chi connectivity index (χ1) is 13.1. The molecule has 142 valence electrons. The maximum atomic E-state index is 12.6. The first kappa shape index (κ1) is 18.9. The molecule has 0 saturated carbocycles. The normalized spacial score (nSPS) is 16.7. The van der Waals surface area contributed by atoms with E-state index in [-0.39, 0.29) is 17.9 Å². The summed E-state index contributed by atoms with van der Waals surface area (Å²) in [5.74, 6) is 0.560. The number of ether oxygens (including phenoxy) is 1. The van der Waals surface area contributed by atoms with Crippen LogP contribution in [0.2, 0.25) is 0 Å². The number of rotatable bonds is 6. The Hall–Kier alpha value is -2.86. The molecule has 1 aliphatic rings. The van der Waals surface area contributed by atoms with Crippen molar-refractivity contribution in [3.8, 4) is 5.75 Å². The van der Waals surface area contributed by atoms with Crippen molar-refractivity contribution < 1.29 is 14.3 Å². The smallest absolute Gasteiger partial charge is 0.238 e. The second-order valence-corrected chi connectivity index (χ2v) is 6.68. The number of likely N-dealkylation sites (tertiary alicyclic amines) is 1. The Balaban J connectivity index is 1.67. The van der Waals surface area contributed by atoms with Crippen LogP contribution in [0, 0.1) is 0 Å². The number of anilines is 2. The zero-order chi connectivity index (χ0) is 19.2. The van der Waals surface area contributed by atoms with Crippen LogP contribution >= 0.6 is 0 Å². The third kappa shape index (κ3) is 4.86. The third-order valence-corrected chi connectivity index (χ3v) is 4.70. The van der Waals surface area contributed by atoms with E-state index >= 15 is 0 Å². The van der Waals surface area contributed by atoms with Gasteiger partial charge in [0.2, 0.25) is 11.8 Å². The average molecular weight is 367 g/mol. The number of carbonyl (C=O) groups excluding carboxylic acids is 2. The van der Waals surface area contributed by atoms with Crippen LogP contribution in [0.5, 0.6) is 5.75 Å². The predicted molar refractivity (Wildman–Crippen MR) is 106 cm³/mol. The number of nitrogens with zero attached hydrogens (tertiary/aromatic N) is 1. The molecule has 0 aromatic heterocycles. The Labute approximate surface area is 159 Å². The minimum Gasteiger partial charge on any atom is -0.497 e. The summed E-state index contributed by atoms with van der Waals surface area (Å²) in [5.41, 5.74) is 2.37. The molecule has 1 saturated heterocycles. The van der Waals surface area contributed by atoms with Crippen LogP contribution in [-0.2, 0) is 9.59 Å². The molecule has 0 aliphatic carbocycles. The van der Waals surface area contributed by atoms with Gasteiger partial charge in [-0.3, -0.25) is 14.5 Å². The molecule has 1 fully saturated rings. The summed E-state index contributed by atoms with van der Waals surface area (Å²) < 4.78 is 5.32. The number of benzene rings is 2. The van der Waals surface area contributed by atoms with Gasteiger partial charge in [0.25, 0.3) is 0 Å². The van der Waals surface area contributed by atoms with E-state index in [4.69, 9.17) is 4.74 Å². The maximum Gasteiger partial charge on any atom is 0.238 e. The molecule has 2 amide bonds. The third-order valence-electron chi connectivity index (χ3n) is 4.70. The van der Waals surface area contributed by atoms with E-state index in [0.29, 0.717) is 17.9 Å².